The Bertz CT molecular complexity index is 503. The number of hydrogen-bond acceptors (Lipinski definition) is 4. The quantitative estimate of drug-likeness (QED) is 0.463. The molecular formula is C7H14N6O2S. The fraction of sp³-hybridized carbons (Fsp3) is 0.429. The lowest BCUT2D eigenvalue weighted by atomic mass is 10.3. The molecule has 1 aromatic heterocycles. The average molecular weight is 246 g/mol. The highest BCUT2D eigenvalue weighted by Gasteiger charge is 2.19. The van der Waals surface area contributed by atoms with Crippen molar-refractivity contribution in [3.8, 4) is 0 Å². The predicted octanol–water partition coefficient (Wildman–Crippen LogP) is -1.08. The Morgan fingerprint density at radius 1 is 1.62 bits per heavy atom. The van der Waals surface area contributed by atoms with Gasteiger partial charge >= 0.3 is 10.2 Å². The second-order valence-electron chi connectivity index (χ2n) is 3.33. The first-order valence-electron chi connectivity index (χ1n) is 4.32. The highest BCUT2D eigenvalue weighted by Crippen LogP contribution is 2.15. The van der Waals surface area contributed by atoms with Crippen molar-refractivity contribution < 1.29 is 8.42 Å². The highest BCUT2D eigenvalue weighted by molar-refractivity contribution is 7.90. The van der Waals surface area contributed by atoms with E-state index in [2.05, 4.69) is 9.82 Å². The van der Waals surface area contributed by atoms with Gasteiger partial charge in [0.1, 0.15) is 11.7 Å². The standard InChI is InChI=1S/C7H14N6O2S/c1-12(2)16(14,15)11-7-5(6(8)9)4-10-13(7)3/h4,11H,1-3H3,(H3,8,9). The molecule has 0 atom stereocenters. The van der Waals surface area contributed by atoms with Crippen LogP contribution in [0.3, 0.4) is 0 Å². The largest absolute Gasteiger partial charge is 0.384 e. The van der Waals surface area contributed by atoms with Crippen LogP contribution in [-0.2, 0) is 17.3 Å². The summed E-state index contributed by atoms with van der Waals surface area (Å²) < 4.78 is 27.8. The molecule has 8 nitrogen and oxygen atoms in total. The monoisotopic (exact) mass is 246 g/mol. The number of nitrogens with two attached hydrogens (primary N) is 1. The predicted molar refractivity (Wildman–Crippen MR) is 60.5 cm³/mol. The molecule has 90 valence electrons. The fourth-order valence-electron chi connectivity index (χ4n) is 0.969. The molecule has 0 saturated heterocycles. The number of rotatable bonds is 4. The van der Waals surface area contributed by atoms with Crippen LogP contribution < -0.4 is 10.5 Å². The number of nitrogen functional groups attached to an aromatic ring is 1. The molecule has 0 aliphatic rings. The fourth-order valence-corrected chi connectivity index (χ4v) is 1.64. The zero-order valence-electron chi connectivity index (χ0n) is 9.22. The lowest BCUT2D eigenvalue weighted by Gasteiger charge is -2.14. The summed E-state index contributed by atoms with van der Waals surface area (Å²) >= 11 is 0. The molecule has 1 rings (SSSR count). The molecule has 1 aromatic rings. The van der Waals surface area contributed by atoms with Crippen LogP contribution >= 0.6 is 0 Å². The number of aryl methyl sites for hydroxylation is 1. The van der Waals surface area contributed by atoms with Gasteiger partial charge in [-0.25, -0.2) is 0 Å². The van der Waals surface area contributed by atoms with Gasteiger partial charge in [-0.05, 0) is 0 Å². The molecule has 4 N–H and O–H groups in total. The minimum atomic E-state index is -3.63. The number of anilines is 1. The zero-order valence-corrected chi connectivity index (χ0v) is 10.0. The summed E-state index contributed by atoms with van der Waals surface area (Å²) in [6, 6.07) is 0. The molecule has 9 heteroatoms. The molecule has 0 aliphatic heterocycles. The summed E-state index contributed by atoms with van der Waals surface area (Å²) in [5.41, 5.74) is 5.55. The number of amidine groups is 1. The molecule has 0 bridgehead atoms. The van der Waals surface area contributed by atoms with Crippen LogP contribution in [0.15, 0.2) is 6.20 Å². The Hall–Kier alpha value is -1.61. The molecule has 0 amide bonds. The third-order valence-electron chi connectivity index (χ3n) is 1.94. The van der Waals surface area contributed by atoms with Gasteiger partial charge in [-0.3, -0.25) is 14.8 Å². The summed E-state index contributed by atoms with van der Waals surface area (Å²) in [7, 11) is 0.716. The van der Waals surface area contributed by atoms with E-state index >= 15 is 0 Å². The number of hydrogen-bond donors (Lipinski definition) is 3. The summed E-state index contributed by atoms with van der Waals surface area (Å²) in [6.07, 6.45) is 1.33. The lowest BCUT2D eigenvalue weighted by molar-refractivity contribution is 0.526. The zero-order chi connectivity index (χ0) is 12.5. The molecule has 0 saturated carbocycles. The third-order valence-corrected chi connectivity index (χ3v) is 3.35. The summed E-state index contributed by atoms with van der Waals surface area (Å²) in [5.74, 6) is -0.0780. The number of aromatic nitrogens is 2. The molecule has 0 fully saturated rings. The maximum atomic E-state index is 11.6. The Morgan fingerprint density at radius 3 is 2.62 bits per heavy atom. The second-order valence-corrected chi connectivity index (χ2v) is 5.22. The third kappa shape index (κ3) is 2.31. The van der Waals surface area contributed by atoms with Crippen molar-refractivity contribution in [1.82, 2.24) is 14.1 Å². The Labute approximate surface area is 93.7 Å². The van der Waals surface area contributed by atoms with E-state index in [-0.39, 0.29) is 17.2 Å². The van der Waals surface area contributed by atoms with Crippen LogP contribution in [0.5, 0.6) is 0 Å². The average Bonchev–Trinajstić information content (AvgIpc) is 2.47. The molecular weight excluding hydrogens is 232 g/mol. The minimum Gasteiger partial charge on any atom is -0.384 e. The highest BCUT2D eigenvalue weighted by atomic mass is 32.2. The van der Waals surface area contributed by atoms with Crippen LogP contribution in [0.4, 0.5) is 5.82 Å². The van der Waals surface area contributed by atoms with Crippen LogP contribution in [0.1, 0.15) is 5.56 Å². The van der Waals surface area contributed by atoms with Gasteiger partial charge in [0.05, 0.1) is 11.8 Å². The van der Waals surface area contributed by atoms with Gasteiger partial charge in [0.2, 0.25) is 0 Å². The molecule has 16 heavy (non-hydrogen) atoms. The van der Waals surface area contributed by atoms with Gasteiger partial charge in [-0.15, -0.1) is 0 Å². The summed E-state index contributed by atoms with van der Waals surface area (Å²) in [5, 5.41) is 11.1. The van der Waals surface area contributed by atoms with E-state index in [1.807, 2.05) is 0 Å². The first kappa shape index (κ1) is 12.5. The maximum Gasteiger partial charge on any atom is 0.302 e. The molecule has 0 aromatic carbocycles. The van der Waals surface area contributed by atoms with Crippen LogP contribution in [0, 0.1) is 5.41 Å². The van der Waals surface area contributed by atoms with Crippen molar-refractivity contribution in [2.45, 2.75) is 0 Å². The summed E-state index contributed by atoms with van der Waals surface area (Å²) in [4.78, 5) is 0. The maximum absolute atomic E-state index is 11.6. The Balaban J connectivity index is 3.16. The molecule has 0 spiro atoms. The van der Waals surface area contributed by atoms with E-state index in [0.29, 0.717) is 0 Å². The van der Waals surface area contributed by atoms with E-state index in [1.165, 1.54) is 25.0 Å². The first-order valence-corrected chi connectivity index (χ1v) is 5.76. The lowest BCUT2D eigenvalue weighted by Crippen LogP contribution is -2.30. The van der Waals surface area contributed by atoms with E-state index in [4.69, 9.17) is 11.1 Å². The normalized spacial score (nSPS) is 11.8. The van der Waals surface area contributed by atoms with Crippen molar-refractivity contribution >= 4 is 21.9 Å². The van der Waals surface area contributed by atoms with Gasteiger partial charge in [0.25, 0.3) is 0 Å². The van der Waals surface area contributed by atoms with Crippen molar-refractivity contribution in [3.63, 3.8) is 0 Å². The van der Waals surface area contributed by atoms with E-state index in [9.17, 15) is 8.42 Å². The van der Waals surface area contributed by atoms with Gasteiger partial charge in [0, 0.05) is 21.1 Å². The van der Waals surface area contributed by atoms with Crippen LogP contribution in [-0.4, -0.2) is 42.4 Å². The number of nitrogens with zero attached hydrogens (tertiary/aromatic N) is 3. The Morgan fingerprint density at radius 2 is 2.19 bits per heavy atom. The van der Waals surface area contributed by atoms with Gasteiger partial charge in [-0.2, -0.15) is 17.8 Å². The number of nitrogens with one attached hydrogen (secondary N) is 2. The van der Waals surface area contributed by atoms with Crippen molar-refractivity contribution in [3.05, 3.63) is 11.8 Å². The SMILES string of the molecule is CN(C)S(=O)(=O)Nc1c(C(=N)N)cnn1C. The molecule has 0 aliphatic carbocycles. The minimum absolute atomic E-state index is 0.168. The van der Waals surface area contributed by atoms with Crippen molar-refractivity contribution in [1.29, 1.82) is 5.41 Å². The molecule has 0 radical (unpaired) electrons. The van der Waals surface area contributed by atoms with Crippen molar-refractivity contribution in [2.24, 2.45) is 12.8 Å². The van der Waals surface area contributed by atoms with Gasteiger partial charge in [-0.1, -0.05) is 0 Å². The van der Waals surface area contributed by atoms with E-state index in [1.54, 1.807) is 7.05 Å². The van der Waals surface area contributed by atoms with Crippen molar-refractivity contribution in [2.75, 3.05) is 18.8 Å². The Kier molecular flexibility index (Phi) is 3.19. The topological polar surface area (TPSA) is 117 Å². The molecule has 0 unspecified atom stereocenters. The second kappa shape index (κ2) is 4.10. The van der Waals surface area contributed by atoms with E-state index < -0.39 is 10.2 Å². The van der Waals surface area contributed by atoms with Crippen LogP contribution in [0.2, 0.25) is 0 Å². The summed E-state index contributed by atoms with van der Waals surface area (Å²) in [6.45, 7) is 0. The van der Waals surface area contributed by atoms with Crippen LogP contribution in [0.25, 0.3) is 0 Å². The van der Waals surface area contributed by atoms with E-state index in [0.717, 1.165) is 4.31 Å². The molecule has 1 heterocycles. The smallest absolute Gasteiger partial charge is 0.302 e. The van der Waals surface area contributed by atoms with Gasteiger partial charge < -0.3 is 5.73 Å². The first-order chi connectivity index (χ1) is 7.25. The van der Waals surface area contributed by atoms with Gasteiger partial charge in [0.15, 0.2) is 0 Å².